The van der Waals surface area contributed by atoms with Crippen LogP contribution in [0.4, 0.5) is 13.6 Å². The highest BCUT2D eigenvalue weighted by atomic mass is 31.2. The number of hydrogen-bond donors (Lipinski definition) is 3. The number of amides is 2. The summed E-state index contributed by atoms with van der Waals surface area (Å²) in [5.41, 5.74) is 0.658. The van der Waals surface area contributed by atoms with Crippen molar-refractivity contribution in [1.29, 1.82) is 0 Å². The second-order valence-electron chi connectivity index (χ2n) is 9.03. The number of nitrogens with zero attached hydrogens (tertiary/aromatic N) is 2. The van der Waals surface area contributed by atoms with Crippen LogP contribution >= 0.6 is 7.60 Å². The second-order valence-corrected chi connectivity index (χ2v) is 10.8. The van der Waals surface area contributed by atoms with E-state index in [-0.39, 0.29) is 17.8 Å². The summed E-state index contributed by atoms with van der Waals surface area (Å²) in [5.74, 6) is -3.48. The minimum atomic E-state index is -4.02. The Labute approximate surface area is 210 Å². The van der Waals surface area contributed by atoms with Crippen molar-refractivity contribution in [3.05, 3.63) is 83.9 Å². The van der Waals surface area contributed by atoms with Gasteiger partial charge >= 0.3 is 19.5 Å². The van der Waals surface area contributed by atoms with Crippen molar-refractivity contribution in [3.63, 3.8) is 0 Å². The fraction of sp³-hybridized carbons (Fsp3) is 0.423. The topological polar surface area (TPSA) is 101 Å². The molecule has 0 radical (unpaired) electrons. The monoisotopic (exact) mass is 522 g/mol. The first-order valence-corrected chi connectivity index (χ1v) is 13.8. The van der Waals surface area contributed by atoms with E-state index in [4.69, 9.17) is 9.79 Å². The summed E-state index contributed by atoms with van der Waals surface area (Å²) in [6, 6.07) is 15.9. The van der Waals surface area contributed by atoms with E-state index in [0.29, 0.717) is 45.3 Å². The quantitative estimate of drug-likeness (QED) is 0.200. The molecule has 0 spiro atoms. The summed E-state index contributed by atoms with van der Waals surface area (Å²) in [5, 5.41) is 10.3. The minimum absolute atomic E-state index is 0.167. The lowest BCUT2D eigenvalue weighted by Gasteiger charge is -2.23. The summed E-state index contributed by atoms with van der Waals surface area (Å²) in [6.07, 6.45) is 2.60. The Kier molecular flexibility index (Phi) is 9.79. The van der Waals surface area contributed by atoms with Crippen LogP contribution in [0.3, 0.4) is 0 Å². The van der Waals surface area contributed by atoms with E-state index in [0.717, 1.165) is 11.6 Å². The van der Waals surface area contributed by atoms with Crippen LogP contribution in [0.5, 0.6) is 0 Å². The SMILES string of the molecule is O=C1N(Cc2ccccc2)C[C@H](C=CC(O)C(F)(F)c2ccccc2)N1CCCCCCP(=O)(O)O. The Balaban J connectivity index is 1.66. The molecule has 2 aromatic carbocycles. The number of halogens is 2. The number of carbonyl (C=O) groups excluding carboxylic acids is 1. The van der Waals surface area contributed by atoms with Gasteiger partial charge in [0.05, 0.1) is 6.04 Å². The molecule has 1 fully saturated rings. The molecule has 3 rings (SSSR count). The van der Waals surface area contributed by atoms with Crippen molar-refractivity contribution >= 4 is 13.6 Å². The van der Waals surface area contributed by atoms with Crippen LogP contribution in [0, 0.1) is 0 Å². The largest absolute Gasteiger partial charge is 0.382 e. The second kappa shape index (κ2) is 12.6. The number of unbranched alkanes of at least 4 members (excludes halogenated alkanes) is 3. The van der Waals surface area contributed by atoms with Gasteiger partial charge in [-0.3, -0.25) is 4.57 Å². The molecule has 10 heteroatoms. The number of alkyl halides is 2. The van der Waals surface area contributed by atoms with Crippen LogP contribution in [-0.2, 0) is 17.0 Å². The number of aliphatic hydroxyl groups is 1. The van der Waals surface area contributed by atoms with E-state index in [1.807, 2.05) is 30.3 Å². The van der Waals surface area contributed by atoms with Crippen molar-refractivity contribution in [2.24, 2.45) is 0 Å². The lowest BCUT2D eigenvalue weighted by atomic mass is 10.0. The van der Waals surface area contributed by atoms with E-state index in [1.165, 1.54) is 30.3 Å². The molecule has 1 aliphatic rings. The van der Waals surface area contributed by atoms with Gasteiger partial charge in [0, 0.05) is 31.4 Å². The number of hydrogen-bond acceptors (Lipinski definition) is 3. The van der Waals surface area contributed by atoms with Gasteiger partial charge in [0.2, 0.25) is 0 Å². The molecule has 36 heavy (non-hydrogen) atoms. The Hall–Kier alpha value is -2.58. The molecule has 0 saturated carbocycles. The number of aliphatic hydroxyl groups excluding tert-OH is 1. The van der Waals surface area contributed by atoms with Gasteiger partial charge in [-0.2, -0.15) is 8.78 Å². The molecule has 2 atom stereocenters. The first kappa shape index (κ1) is 28.0. The number of benzene rings is 2. The van der Waals surface area contributed by atoms with Gasteiger partial charge in [0.25, 0.3) is 0 Å². The summed E-state index contributed by atoms with van der Waals surface area (Å²) in [7, 11) is -4.02. The smallest absolute Gasteiger partial charge is 0.325 e. The molecule has 1 heterocycles. The predicted molar refractivity (Wildman–Crippen MR) is 134 cm³/mol. The van der Waals surface area contributed by atoms with E-state index < -0.39 is 25.7 Å². The standard InChI is InChI=1S/C26H33F2N2O5P/c27-26(28,22-13-7-4-8-14-22)24(31)16-15-23-20-29(19-21-11-5-3-6-12-21)25(32)30(23)17-9-1-2-10-18-36(33,34)35/h3-8,11-16,23-24,31H,1-2,9-10,17-20H2,(H2,33,34,35)/t23-,24?/m0/s1. The lowest BCUT2D eigenvalue weighted by Crippen LogP contribution is -2.35. The van der Waals surface area contributed by atoms with Crippen molar-refractivity contribution in [2.75, 3.05) is 19.3 Å². The third-order valence-corrected chi connectivity index (χ3v) is 7.08. The fourth-order valence-electron chi connectivity index (χ4n) is 4.23. The van der Waals surface area contributed by atoms with Crippen LogP contribution in [0.2, 0.25) is 0 Å². The maximum atomic E-state index is 14.7. The van der Waals surface area contributed by atoms with E-state index in [1.54, 1.807) is 15.9 Å². The molecule has 0 bridgehead atoms. The average Bonchev–Trinajstić information content (AvgIpc) is 3.14. The van der Waals surface area contributed by atoms with Crippen molar-refractivity contribution in [3.8, 4) is 0 Å². The molecule has 0 aromatic heterocycles. The molecule has 1 unspecified atom stereocenters. The molecule has 0 aliphatic carbocycles. The highest BCUT2D eigenvalue weighted by Crippen LogP contribution is 2.35. The maximum Gasteiger partial charge on any atom is 0.325 e. The third-order valence-electron chi connectivity index (χ3n) is 6.18. The molecular formula is C26H33F2N2O5P. The van der Waals surface area contributed by atoms with Crippen LogP contribution in [0.1, 0.15) is 36.8 Å². The molecular weight excluding hydrogens is 489 g/mol. The Morgan fingerprint density at radius 1 is 1.00 bits per heavy atom. The lowest BCUT2D eigenvalue weighted by molar-refractivity contribution is -0.0929. The molecule has 1 aliphatic heterocycles. The van der Waals surface area contributed by atoms with Crippen molar-refractivity contribution in [2.45, 2.75) is 50.3 Å². The highest BCUT2D eigenvalue weighted by Gasteiger charge is 2.40. The molecule has 196 valence electrons. The first-order valence-electron chi connectivity index (χ1n) is 12.0. The fourth-order valence-corrected chi connectivity index (χ4v) is 4.86. The zero-order valence-corrected chi connectivity index (χ0v) is 20.9. The summed E-state index contributed by atoms with van der Waals surface area (Å²) in [6.45, 7) is 1.05. The molecule has 7 nitrogen and oxygen atoms in total. The third kappa shape index (κ3) is 7.96. The first-order chi connectivity index (χ1) is 17.1. The maximum absolute atomic E-state index is 14.7. The highest BCUT2D eigenvalue weighted by molar-refractivity contribution is 7.51. The van der Waals surface area contributed by atoms with Gasteiger partial charge in [0.15, 0.2) is 0 Å². The minimum Gasteiger partial charge on any atom is -0.382 e. The molecule has 2 aromatic rings. The van der Waals surface area contributed by atoms with Crippen LogP contribution in [0.15, 0.2) is 72.8 Å². The Morgan fingerprint density at radius 3 is 2.25 bits per heavy atom. The van der Waals surface area contributed by atoms with E-state index in [9.17, 15) is 23.2 Å². The normalized spacial score (nSPS) is 17.8. The Morgan fingerprint density at radius 2 is 1.61 bits per heavy atom. The zero-order chi connectivity index (χ0) is 26.2. The number of rotatable bonds is 13. The van der Waals surface area contributed by atoms with E-state index in [2.05, 4.69) is 0 Å². The molecule has 1 saturated heterocycles. The summed E-state index contributed by atoms with van der Waals surface area (Å²) < 4.78 is 40.4. The van der Waals surface area contributed by atoms with Gasteiger partial charge in [-0.05, 0) is 18.4 Å². The molecule has 3 N–H and O–H groups in total. The summed E-state index contributed by atoms with van der Waals surface area (Å²) >= 11 is 0. The summed E-state index contributed by atoms with van der Waals surface area (Å²) in [4.78, 5) is 34.3. The van der Waals surface area contributed by atoms with Crippen LogP contribution < -0.4 is 0 Å². The van der Waals surface area contributed by atoms with Gasteiger partial charge in [0.1, 0.15) is 6.10 Å². The Bertz CT molecular complexity index is 1050. The van der Waals surface area contributed by atoms with Gasteiger partial charge in [-0.15, -0.1) is 0 Å². The van der Waals surface area contributed by atoms with Crippen LogP contribution in [0.25, 0.3) is 0 Å². The zero-order valence-electron chi connectivity index (χ0n) is 20.0. The van der Waals surface area contributed by atoms with Gasteiger partial charge in [-0.1, -0.05) is 85.7 Å². The number of carbonyl (C=O) groups is 1. The van der Waals surface area contributed by atoms with Crippen LogP contribution in [-0.4, -0.2) is 62.1 Å². The van der Waals surface area contributed by atoms with Gasteiger partial charge < -0.3 is 24.7 Å². The van der Waals surface area contributed by atoms with Gasteiger partial charge in [-0.25, -0.2) is 4.79 Å². The number of urea groups is 1. The average molecular weight is 523 g/mol. The van der Waals surface area contributed by atoms with Crippen molar-refractivity contribution in [1.82, 2.24) is 9.80 Å². The molecule has 2 amide bonds. The van der Waals surface area contributed by atoms with E-state index >= 15 is 0 Å². The van der Waals surface area contributed by atoms with Crippen molar-refractivity contribution < 1.29 is 33.0 Å². The predicted octanol–water partition coefficient (Wildman–Crippen LogP) is 4.74.